The summed E-state index contributed by atoms with van der Waals surface area (Å²) in [6.45, 7) is 8.88. The van der Waals surface area contributed by atoms with Gasteiger partial charge in [0.25, 0.3) is 0 Å². The molecule has 1 aromatic heterocycles. The first-order valence-corrected chi connectivity index (χ1v) is 16.4. The van der Waals surface area contributed by atoms with Gasteiger partial charge in [-0.3, -0.25) is 14.8 Å². The predicted octanol–water partition coefficient (Wildman–Crippen LogP) is 4.31. The van der Waals surface area contributed by atoms with Crippen molar-refractivity contribution in [3.63, 3.8) is 0 Å². The molecule has 3 aromatic rings. The highest BCUT2D eigenvalue weighted by Gasteiger charge is 2.35. The largest absolute Gasteiger partial charge is 0.490 e. The molecule has 2 N–H and O–H groups in total. The van der Waals surface area contributed by atoms with Crippen molar-refractivity contribution >= 4 is 18.3 Å². The summed E-state index contributed by atoms with van der Waals surface area (Å²) < 4.78 is 21.8. The van der Waals surface area contributed by atoms with Crippen LogP contribution in [0.5, 0.6) is 5.75 Å². The molecule has 3 heterocycles. The number of carbonyl (C=O) groups excluding carboxylic acids is 3. The molecule has 3 amide bonds. The van der Waals surface area contributed by atoms with Crippen LogP contribution in [0.3, 0.4) is 0 Å². The summed E-state index contributed by atoms with van der Waals surface area (Å²) in [7, 11) is 0. The number of rotatable bonds is 8. The van der Waals surface area contributed by atoms with Crippen LogP contribution in [0.25, 0.3) is 0 Å². The minimum absolute atomic E-state index is 0.0674. The molecule has 13 nitrogen and oxygen atoms in total. The minimum Gasteiger partial charge on any atom is -0.490 e. The van der Waals surface area contributed by atoms with Crippen molar-refractivity contribution in [2.24, 2.45) is 0 Å². The maximum Gasteiger partial charge on any atom is 0.410 e. The van der Waals surface area contributed by atoms with E-state index >= 15 is 0 Å². The number of nitrogens with zero attached hydrogens (tertiary/aromatic N) is 4. The summed E-state index contributed by atoms with van der Waals surface area (Å²) >= 11 is 0. The molecule has 2 aromatic carbocycles. The molecular weight excluding hydrogens is 630 g/mol. The fourth-order valence-electron chi connectivity index (χ4n) is 5.12. The Morgan fingerprint density at radius 1 is 0.816 bits per heavy atom. The van der Waals surface area contributed by atoms with Crippen molar-refractivity contribution in [3.05, 3.63) is 96.3 Å². The summed E-state index contributed by atoms with van der Waals surface area (Å²) in [6.07, 6.45) is 2.12. The number of piperazine rings is 2. The average Bonchev–Trinajstić information content (AvgIpc) is 3.12. The molecule has 2 aliphatic rings. The summed E-state index contributed by atoms with van der Waals surface area (Å²) in [5.74, 6) is 0.695. The summed E-state index contributed by atoms with van der Waals surface area (Å²) in [4.78, 5) is 45.6. The molecule has 0 spiro atoms. The van der Waals surface area contributed by atoms with Gasteiger partial charge in [-0.1, -0.05) is 60.7 Å². The van der Waals surface area contributed by atoms with Crippen LogP contribution in [0, 0.1) is 0 Å². The Kier molecular flexibility index (Phi) is 14.0. The van der Waals surface area contributed by atoms with Gasteiger partial charge in [0.15, 0.2) is 0 Å². The van der Waals surface area contributed by atoms with Crippen LogP contribution in [0.15, 0.2) is 85.2 Å². The zero-order valence-electron chi connectivity index (χ0n) is 28.4. The van der Waals surface area contributed by atoms with Crippen molar-refractivity contribution in [1.82, 2.24) is 25.0 Å². The fourth-order valence-corrected chi connectivity index (χ4v) is 5.12. The van der Waals surface area contributed by atoms with Gasteiger partial charge in [0.2, 0.25) is 0 Å². The maximum absolute atomic E-state index is 12.4. The number of ether oxygens (including phenoxy) is 4. The number of pyridine rings is 1. The lowest BCUT2D eigenvalue weighted by atomic mass is 10.2. The maximum atomic E-state index is 12.4. The Bertz CT molecular complexity index is 1440. The molecule has 2 fully saturated rings. The Balaban J connectivity index is 0.000000221. The lowest BCUT2D eigenvalue weighted by Gasteiger charge is -2.40. The first-order chi connectivity index (χ1) is 23.6. The van der Waals surface area contributed by atoms with Crippen molar-refractivity contribution in [1.29, 1.82) is 0 Å². The molecule has 13 heteroatoms. The summed E-state index contributed by atoms with van der Waals surface area (Å²) in [5.41, 5.74) is 1.28. The van der Waals surface area contributed by atoms with Crippen molar-refractivity contribution in [2.75, 3.05) is 52.5 Å². The Morgan fingerprint density at radius 2 is 1.43 bits per heavy atom. The molecule has 5 rings (SSSR count). The Morgan fingerprint density at radius 3 is 1.98 bits per heavy atom. The average molecular weight is 678 g/mol. The van der Waals surface area contributed by atoms with Crippen LogP contribution < -0.4 is 10.1 Å². The van der Waals surface area contributed by atoms with Gasteiger partial charge in [0, 0.05) is 45.5 Å². The van der Waals surface area contributed by atoms with Gasteiger partial charge in [0.1, 0.15) is 31.2 Å². The van der Waals surface area contributed by atoms with E-state index in [4.69, 9.17) is 18.9 Å². The molecule has 49 heavy (non-hydrogen) atoms. The van der Waals surface area contributed by atoms with Crippen LogP contribution in [0.1, 0.15) is 31.9 Å². The van der Waals surface area contributed by atoms with Crippen molar-refractivity contribution in [2.45, 2.75) is 51.7 Å². The van der Waals surface area contributed by atoms with Crippen LogP contribution in [-0.2, 0) is 27.4 Å². The van der Waals surface area contributed by atoms with E-state index in [1.54, 1.807) is 38.1 Å². The number of amides is 3. The molecule has 264 valence electrons. The molecule has 2 saturated heterocycles. The molecule has 0 saturated carbocycles. The second kappa shape index (κ2) is 18.6. The normalized spacial score (nSPS) is 17.7. The quantitative estimate of drug-likeness (QED) is 0.331. The molecule has 2 atom stereocenters. The van der Waals surface area contributed by atoms with E-state index in [9.17, 15) is 19.5 Å². The number of aromatic nitrogens is 1. The van der Waals surface area contributed by atoms with Crippen LogP contribution in [0.2, 0.25) is 0 Å². The van der Waals surface area contributed by atoms with E-state index in [0.29, 0.717) is 32.0 Å². The first-order valence-electron chi connectivity index (χ1n) is 16.4. The standard InChI is InChI=1S/C18H21N3O3.C18H26N2O5/c22-18(24-13-15-5-2-1-3-6-15)21-10-9-20-11-16(21)14-23-17-7-4-8-19-12-17;1-18(2,3)25-16(22)19-9-10-20(15(11-19)12-21)17(23)24-13-14-7-5-4-6-8-14/h1-8,12,16,20H,9-11,13-14H2;4-8,15,21H,9-13H2,1-3H3. The molecule has 2 aliphatic heterocycles. The van der Waals surface area contributed by atoms with Crippen LogP contribution in [-0.4, -0.2) is 113 Å². The monoisotopic (exact) mass is 677 g/mol. The van der Waals surface area contributed by atoms with Crippen molar-refractivity contribution in [3.8, 4) is 5.75 Å². The van der Waals surface area contributed by atoms with E-state index in [2.05, 4.69) is 10.3 Å². The van der Waals surface area contributed by atoms with Gasteiger partial charge in [-0.05, 0) is 44.0 Å². The van der Waals surface area contributed by atoms with Crippen LogP contribution >= 0.6 is 0 Å². The van der Waals surface area contributed by atoms with E-state index in [0.717, 1.165) is 17.7 Å². The highest BCUT2D eigenvalue weighted by Crippen LogP contribution is 2.17. The number of aliphatic hydroxyl groups excluding tert-OH is 1. The van der Waals surface area contributed by atoms with Gasteiger partial charge < -0.3 is 34.3 Å². The molecule has 0 bridgehead atoms. The highest BCUT2D eigenvalue weighted by molar-refractivity contribution is 5.71. The van der Waals surface area contributed by atoms with Crippen LogP contribution in [0.4, 0.5) is 14.4 Å². The van der Waals surface area contributed by atoms with E-state index in [1.807, 2.05) is 72.8 Å². The number of benzene rings is 2. The van der Waals surface area contributed by atoms with Gasteiger partial charge in [-0.15, -0.1) is 0 Å². The third kappa shape index (κ3) is 12.3. The Hall–Kier alpha value is -4.88. The number of aliphatic hydroxyl groups is 1. The minimum atomic E-state index is -0.586. The smallest absolute Gasteiger partial charge is 0.410 e. The fraction of sp³-hybridized carbons (Fsp3) is 0.444. The lowest BCUT2D eigenvalue weighted by molar-refractivity contribution is -0.00667. The van der Waals surface area contributed by atoms with Crippen molar-refractivity contribution < 1.29 is 38.4 Å². The summed E-state index contributed by atoms with van der Waals surface area (Å²) in [5, 5.41) is 12.9. The van der Waals surface area contributed by atoms with Gasteiger partial charge >= 0.3 is 18.3 Å². The highest BCUT2D eigenvalue weighted by atomic mass is 16.6. The topological polar surface area (TPSA) is 143 Å². The number of hydrogen-bond donors (Lipinski definition) is 2. The predicted molar refractivity (Wildman–Crippen MR) is 182 cm³/mol. The second-order valence-corrected chi connectivity index (χ2v) is 12.6. The molecule has 0 radical (unpaired) electrons. The zero-order chi connectivity index (χ0) is 35.1. The second-order valence-electron chi connectivity index (χ2n) is 12.6. The Labute approximate surface area is 287 Å². The number of hydrogen-bond acceptors (Lipinski definition) is 10. The van der Waals surface area contributed by atoms with E-state index in [-0.39, 0.29) is 45.0 Å². The van der Waals surface area contributed by atoms with Gasteiger partial charge in [-0.2, -0.15) is 0 Å². The lowest BCUT2D eigenvalue weighted by Crippen LogP contribution is -2.58. The van der Waals surface area contributed by atoms with Gasteiger partial charge in [0.05, 0.1) is 24.9 Å². The summed E-state index contributed by atoms with van der Waals surface area (Å²) in [6, 6.07) is 22.1. The van der Waals surface area contributed by atoms with Gasteiger partial charge in [-0.25, -0.2) is 14.4 Å². The van der Waals surface area contributed by atoms with E-state index < -0.39 is 23.8 Å². The SMILES string of the molecule is CC(C)(C)OC(=O)N1CCN(C(=O)OCc2ccccc2)C(CO)C1.O=C(OCc1ccccc1)N1CCNCC1COc1cccnc1. The van der Waals surface area contributed by atoms with E-state index in [1.165, 1.54) is 9.80 Å². The third-order valence-electron chi connectivity index (χ3n) is 7.65. The number of nitrogens with one attached hydrogen (secondary N) is 1. The molecular formula is C36H47N5O8. The molecule has 2 unspecified atom stereocenters. The molecule has 0 aliphatic carbocycles. The first kappa shape index (κ1) is 36.9. The number of carbonyl (C=O) groups is 3. The zero-order valence-corrected chi connectivity index (χ0v) is 28.4. The third-order valence-corrected chi connectivity index (χ3v) is 7.65.